The van der Waals surface area contributed by atoms with Crippen LogP contribution >= 0.6 is 0 Å². The number of hydrogen-bond donors (Lipinski definition) is 1. The second-order valence-corrected chi connectivity index (χ2v) is 5.74. The number of ketones is 1. The maximum atomic E-state index is 13.1. The van der Waals surface area contributed by atoms with Gasteiger partial charge in [0.2, 0.25) is 0 Å². The molecule has 20 heavy (non-hydrogen) atoms. The first-order valence-electron chi connectivity index (χ1n) is 7.01. The van der Waals surface area contributed by atoms with Crippen molar-refractivity contribution in [3.8, 4) is 0 Å². The molecule has 0 amide bonds. The number of carbonyl (C=O) groups excluding carboxylic acids is 1. The van der Waals surface area contributed by atoms with E-state index in [-0.39, 0.29) is 19.0 Å². The van der Waals surface area contributed by atoms with Crippen LogP contribution in [0.1, 0.15) is 18.5 Å². The number of methoxy groups -OCH3 is 1. The molecule has 3 aliphatic heterocycles. The van der Waals surface area contributed by atoms with Gasteiger partial charge < -0.3 is 9.84 Å². The first-order valence-corrected chi connectivity index (χ1v) is 7.01. The number of pyridine rings is 1. The summed E-state index contributed by atoms with van der Waals surface area (Å²) in [4.78, 5) is 19.6. The molecule has 4 heterocycles. The average Bonchev–Trinajstić information content (AvgIpc) is 2.52. The van der Waals surface area contributed by atoms with Crippen molar-refractivity contribution >= 4 is 5.78 Å². The van der Waals surface area contributed by atoms with E-state index in [2.05, 4.69) is 9.88 Å². The van der Waals surface area contributed by atoms with Crippen LogP contribution in [0.3, 0.4) is 0 Å². The molecule has 1 atom stereocenters. The molecule has 0 aromatic carbocycles. The number of carbonyl (C=O) groups is 1. The van der Waals surface area contributed by atoms with Crippen molar-refractivity contribution in [3.05, 3.63) is 30.1 Å². The number of aliphatic hydroxyl groups excluding tert-OH is 1. The second kappa shape index (κ2) is 4.91. The van der Waals surface area contributed by atoms with Crippen molar-refractivity contribution in [2.24, 2.45) is 0 Å². The van der Waals surface area contributed by atoms with Crippen LogP contribution in [0.5, 0.6) is 0 Å². The molecular formula is C15H20N2O3. The molecule has 3 saturated heterocycles. The van der Waals surface area contributed by atoms with E-state index in [4.69, 9.17) is 4.74 Å². The zero-order valence-electron chi connectivity index (χ0n) is 11.7. The van der Waals surface area contributed by atoms with Crippen LogP contribution in [-0.4, -0.2) is 59.7 Å². The maximum Gasteiger partial charge on any atom is 0.169 e. The SMILES string of the molecule is COCC1(CO)C(=O)C2(c3ccccn3)CCN1CC2. The Morgan fingerprint density at radius 3 is 2.70 bits per heavy atom. The highest BCUT2D eigenvalue weighted by molar-refractivity contribution is 5.99. The van der Waals surface area contributed by atoms with Crippen LogP contribution in [-0.2, 0) is 14.9 Å². The highest BCUT2D eigenvalue weighted by Crippen LogP contribution is 2.46. The molecule has 5 heteroatoms. The standard InChI is InChI=1S/C15H20N2O3/c1-20-11-15(10-18)13(19)14(5-8-17(15)9-6-14)12-4-2-3-7-16-12/h2-4,7,18H,5-6,8-11H2,1H3. The molecule has 0 radical (unpaired) electrons. The molecule has 5 nitrogen and oxygen atoms in total. The molecule has 4 rings (SSSR count). The van der Waals surface area contributed by atoms with Crippen molar-refractivity contribution in [2.75, 3.05) is 33.4 Å². The number of hydrogen-bond acceptors (Lipinski definition) is 5. The molecule has 0 aliphatic carbocycles. The third kappa shape index (κ3) is 1.67. The second-order valence-electron chi connectivity index (χ2n) is 5.74. The van der Waals surface area contributed by atoms with E-state index in [1.165, 1.54) is 0 Å². The van der Waals surface area contributed by atoms with Crippen LogP contribution < -0.4 is 0 Å². The van der Waals surface area contributed by atoms with Gasteiger partial charge in [-0.15, -0.1) is 0 Å². The average molecular weight is 276 g/mol. The Hall–Kier alpha value is -1.30. The fraction of sp³-hybridized carbons (Fsp3) is 0.600. The first-order chi connectivity index (χ1) is 9.69. The van der Waals surface area contributed by atoms with E-state index in [9.17, 15) is 9.90 Å². The molecule has 1 N–H and O–H groups in total. The van der Waals surface area contributed by atoms with Gasteiger partial charge in [-0.05, 0) is 25.0 Å². The molecule has 3 aliphatic rings. The summed E-state index contributed by atoms with van der Waals surface area (Å²) in [6.45, 7) is 1.63. The van der Waals surface area contributed by atoms with E-state index in [0.29, 0.717) is 0 Å². The van der Waals surface area contributed by atoms with Gasteiger partial charge in [0.1, 0.15) is 5.54 Å². The Morgan fingerprint density at radius 2 is 2.15 bits per heavy atom. The van der Waals surface area contributed by atoms with Crippen LogP contribution in [0.4, 0.5) is 0 Å². The first kappa shape index (κ1) is 13.7. The van der Waals surface area contributed by atoms with Gasteiger partial charge in [-0.3, -0.25) is 14.7 Å². The Balaban J connectivity index is 2.07. The molecular weight excluding hydrogens is 256 g/mol. The molecule has 0 spiro atoms. The maximum absolute atomic E-state index is 13.1. The predicted octanol–water partition coefficient (Wildman–Crippen LogP) is 0.375. The third-order valence-corrected chi connectivity index (χ3v) is 4.88. The van der Waals surface area contributed by atoms with Gasteiger partial charge in [-0.1, -0.05) is 6.07 Å². The lowest BCUT2D eigenvalue weighted by molar-refractivity contribution is -0.162. The normalized spacial score (nSPS) is 36.3. The molecule has 108 valence electrons. The van der Waals surface area contributed by atoms with Crippen LogP contribution in [0.2, 0.25) is 0 Å². The molecule has 0 saturated carbocycles. The van der Waals surface area contributed by atoms with Gasteiger partial charge in [-0.2, -0.15) is 0 Å². The highest BCUT2D eigenvalue weighted by atomic mass is 16.5. The van der Waals surface area contributed by atoms with E-state index in [1.54, 1.807) is 13.3 Å². The van der Waals surface area contributed by atoms with Gasteiger partial charge >= 0.3 is 0 Å². The van der Waals surface area contributed by atoms with Crippen molar-refractivity contribution in [3.63, 3.8) is 0 Å². The zero-order valence-corrected chi connectivity index (χ0v) is 11.7. The lowest BCUT2D eigenvalue weighted by Crippen LogP contribution is -2.74. The Kier molecular flexibility index (Phi) is 3.36. The van der Waals surface area contributed by atoms with Gasteiger partial charge in [0.15, 0.2) is 5.78 Å². The van der Waals surface area contributed by atoms with Gasteiger partial charge in [0.25, 0.3) is 0 Å². The Labute approximate surface area is 118 Å². The van der Waals surface area contributed by atoms with E-state index in [0.717, 1.165) is 31.6 Å². The smallest absolute Gasteiger partial charge is 0.169 e. The number of fused-ring (bicyclic) bond motifs is 3. The molecule has 1 aromatic rings. The lowest BCUT2D eigenvalue weighted by Gasteiger charge is -2.56. The van der Waals surface area contributed by atoms with Crippen molar-refractivity contribution in [2.45, 2.75) is 23.8 Å². The number of ether oxygens (including phenoxy) is 1. The Morgan fingerprint density at radius 1 is 1.40 bits per heavy atom. The summed E-state index contributed by atoms with van der Waals surface area (Å²) in [5, 5.41) is 9.86. The van der Waals surface area contributed by atoms with Gasteiger partial charge in [0.05, 0.1) is 24.3 Å². The number of aliphatic hydroxyl groups is 1. The number of piperidine rings is 3. The minimum absolute atomic E-state index is 0.0607. The van der Waals surface area contributed by atoms with Gasteiger partial charge in [0, 0.05) is 26.4 Å². The lowest BCUT2D eigenvalue weighted by atomic mass is 9.61. The van der Waals surface area contributed by atoms with E-state index >= 15 is 0 Å². The highest BCUT2D eigenvalue weighted by Gasteiger charge is 2.61. The van der Waals surface area contributed by atoms with E-state index < -0.39 is 11.0 Å². The van der Waals surface area contributed by atoms with Crippen LogP contribution in [0.25, 0.3) is 0 Å². The zero-order chi connectivity index (χ0) is 14.2. The summed E-state index contributed by atoms with van der Waals surface area (Å²) in [5.41, 5.74) is -0.627. The topological polar surface area (TPSA) is 62.7 Å². The summed E-state index contributed by atoms with van der Waals surface area (Å²) >= 11 is 0. The number of aromatic nitrogens is 1. The van der Waals surface area contributed by atoms with Crippen molar-refractivity contribution in [1.29, 1.82) is 0 Å². The molecule has 2 bridgehead atoms. The summed E-state index contributed by atoms with van der Waals surface area (Å²) in [6, 6.07) is 5.70. The fourth-order valence-corrected chi connectivity index (χ4v) is 3.76. The summed E-state index contributed by atoms with van der Waals surface area (Å²) in [7, 11) is 1.57. The van der Waals surface area contributed by atoms with Crippen molar-refractivity contribution in [1.82, 2.24) is 9.88 Å². The van der Waals surface area contributed by atoms with Crippen LogP contribution in [0, 0.1) is 0 Å². The summed E-state index contributed by atoms with van der Waals surface area (Å²) in [5.74, 6) is 0.0607. The van der Waals surface area contributed by atoms with Gasteiger partial charge in [-0.25, -0.2) is 0 Å². The number of Topliss-reactive ketones (excluding diaryl/α,β-unsaturated/α-hetero) is 1. The summed E-state index contributed by atoms with van der Waals surface area (Å²) in [6.07, 6.45) is 3.28. The Bertz CT molecular complexity index is 497. The number of rotatable bonds is 4. The molecule has 1 unspecified atom stereocenters. The largest absolute Gasteiger partial charge is 0.394 e. The van der Waals surface area contributed by atoms with Crippen LogP contribution in [0.15, 0.2) is 24.4 Å². The fourth-order valence-electron chi connectivity index (χ4n) is 3.76. The van der Waals surface area contributed by atoms with Crippen molar-refractivity contribution < 1.29 is 14.6 Å². The minimum Gasteiger partial charge on any atom is -0.394 e. The summed E-state index contributed by atoms with van der Waals surface area (Å²) < 4.78 is 5.24. The molecule has 1 aromatic heterocycles. The molecule has 3 fully saturated rings. The monoisotopic (exact) mass is 276 g/mol. The number of nitrogens with zero attached hydrogens (tertiary/aromatic N) is 2. The predicted molar refractivity (Wildman–Crippen MR) is 73.4 cm³/mol. The van der Waals surface area contributed by atoms with E-state index in [1.807, 2.05) is 18.2 Å². The quantitative estimate of drug-likeness (QED) is 0.861. The minimum atomic E-state index is -0.900. The third-order valence-electron chi connectivity index (χ3n) is 4.88.